The highest BCUT2D eigenvalue weighted by atomic mass is 35.5. The molecule has 7 heteroatoms. The summed E-state index contributed by atoms with van der Waals surface area (Å²) >= 11 is 12.5. The topological polar surface area (TPSA) is 56.1 Å². The Balaban J connectivity index is 2.06. The lowest BCUT2D eigenvalue weighted by Crippen LogP contribution is -2.19. The maximum atomic E-state index is 12.2. The first-order valence-corrected chi connectivity index (χ1v) is 9.07. The summed E-state index contributed by atoms with van der Waals surface area (Å²) in [5.41, 5.74) is 3.15. The molecule has 0 aliphatic carbocycles. The number of ether oxygens (including phenoxy) is 1. The van der Waals surface area contributed by atoms with Crippen molar-refractivity contribution in [1.82, 2.24) is 9.55 Å². The van der Waals surface area contributed by atoms with Crippen LogP contribution in [0.1, 0.15) is 16.7 Å². The predicted molar refractivity (Wildman–Crippen MR) is 110 cm³/mol. The molecule has 0 atom stereocenters. The van der Waals surface area contributed by atoms with Crippen LogP contribution in [-0.4, -0.2) is 16.7 Å². The lowest BCUT2D eigenvalue weighted by atomic mass is 10.1. The maximum Gasteiger partial charge on any atom is 0.316 e. The van der Waals surface area contributed by atoms with Crippen LogP contribution < -0.4 is 15.6 Å². The Morgan fingerprint density at radius 1 is 1.11 bits per heavy atom. The van der Waals surface area contributed by atoms with Gasteiger partial charge in [-0.1, -0.05) is 41.4 Å². The standard InChI is InChI=1S/C20H19Cl2N3O2/c1-12-9-17(13(2)8-16(12)22)23-20-24-19(26)18(27-3)11-25(20)10-14-6-4-5-7-15(14)21/h4-9,11H,10H2,1-3H3,(H,23,24,26). The summed E-state index contributed by atoms with van der Waals surface area (Å²) in [5, 5.41) is 4.56. The minimum absolute atomic E-state index is 0.164. The van der Waals surface area contributed by atoms with Crippen LogP contribution in [0.5, 0.6) is 5.75 Å². The van der Waals surface area contributed by atoms with Gasteiger partial charge in [0, 0.05) is 15.7 Å². The number of anilines is 2. The van der Waals surface area contributed by atoms with Gasteiger partial charge in [-0.25, -0.2) is 0 Å². The molecule has 0 saturated heterocycles. The summed E-state index contributed by atoms with van der Waals surface area (Å²) in [7, 11) is 1.44. The lowest BCUT2D eigenvalue weighted by molar-refractivity contribution is 0.402. The van der Waals surface area contributed by atoms with Crippen molar-refractivity contribution in [3.63, 3.8) is 0 Å². The zero-order valence-corrected chi connectivity index (χ0v) is 16.7. The molecule has 1 heterocycles. The van der Waals surface area contributed by atoms with Crippen molar-refractivity contribution in [2.24, 2.45) is 0 Å². The van der Waals surface area contributed by atoms with Crippen LogP contribution in [0.4, 0.5) is 11.6 Å². The second-order valence-electron chi connectivity index (χ2n) is 6.20. The van der Waals surface area contributed by atoms with Gasteiger partial charge in [0.25, 0.3) is 0 Å². The van der Waals surface area contributed by atoms with Crippen LogP contribution in [0.2, 0.25) is 10.0 Å². The summed E-state index contributed by atoms with van der Waals surface area (Å²) in [6, 6.07) is 11.3. The van der Waals surface area contributed by atoms with Gasteiger partial charge in [-0.3, -0.25) is 4.79 Å². The molecular weight excluding hydrogens is 385 g/mol. The largest absolute Gasteiger partial charge is 0.490 e. The van der Waals surface area contributed by atoms with Crippen LogP contribution >= 0.6 is 23.2 Å². The van der Waals surface area contributed by atoms with Gasteiger partial charge >= 0.3 is 5.56 Å². The molecule has 0 saturated carbocycles. The average Bonchev–Trinajstić information content (AvgIpc) is 2.63. The molecule has 27 heavy (non-hydrogen) atoms. The van der Waals surface area contributed by atoms with Crippen molar-refractivity contribution >= 4 is 34.8 Å². The van der Waals surface area contributed by atoms with Crippen LogP contribution in [0.15, 0.2) is 47.4 Å². The number of aromatic nitrogens is 2. The predicted octanol–water partition coefficient (Wildman–Crippen LogP) is 4.97. The Hall–Kier alpha value is -2.50. The highest BCUT2D eigenvalue weighted by Crippen LogP contribution is 2.27. The molecule has 1 N–H and O–H groups in total. The fourth-order valence-electron chi connectivity index (χ4n) is 2.68. The van der Waals surface area contributed by atoms with E-state index in [4.69, 9.17) is 27.9 Å². The normalized spacial score (nSPS) is 10.7. The smallest absolute Gasteiger partial charge is 0.316 e. The lowest BCUT2D eigenvalue weighted by Gasteiger charge is -2.17. The zero-order valence-electron chi connectivity index (χ0n) is 15.2. The number of benzene rings is 2. The van der Waals surface area contributed by atoms with E-state index in [9.17, 15) is 4.79 Å². The minimum Gasteiger partial charge on any atom is -0.490 e. The van der Waals surface area contributed by atoms with E-state index in [1.165, 1.54) is 7.11 Å². The Kier molecular flexibility index (Phi) is 5.73. The number of halogens is 2. The van der Waals surface area contributed by atoms with Crippen molar-refractivity contribution < 1.29 is 4.74 Å². The first kappa shape index (κ1) is 19.3. The van der Waals surface area contributed by atoms with Crippen molar-refractivity contribution in [2.45, 2.75) is 20.4 Å². The third-order valence-electron chi connectivity index (χ3n) is 4.23. The minimum atomic E-state index is -0.446. The van der Waals surface area contributed by atoms with Crippen molar-refractivity contribution in [3.05, 3.63) is 79.7 Å². The Bertz CT molecular complexity index is 1050. The van der Waals surface area contributed by atoms with Gasteiger partial charge in [-0.05, 0) is 48.7 Å². The van der Waals surface area contributed by atoms with E-state index >= 15 is 0 Å². The monoisotopic (exact) mass is 403 g/mol. The van der Waals surface area contributed by atoms with E-state index in [1.807, 2.05) is 50.2 Å². The second kappa shape index (κ2) is 8.03. The Morgan fingerprint density at radius 3 is 2.56 bits per heavy atom. The number of hydrogen-bond acceptors (Lipinski definition) is 4. The molecule has 0 aliphatic heterocycles. The maximum absolute atomic E-state index is 12.2. The summed E-state index contributed by atoms with van der Waals surface area (Å²) in [6.45, 7) is 4.29. The molecule has 3 aromatic rings. The van der Waals surface area contributed by atoms with Crippen LogP contribution in [-0.2, 0) is 6.54 Å². The fraction of sp³-hybridized carbons (Fsp3) is 0.200. The summed E-state index contributed by atoms with van der Waals surface area (Å²) < 4.78 is 6.94. The first-order valence-electron chi connectivity index (χ1n) is 8.31. The molecule has 0 radical (unpaired) electrons. The van der Waals surface area contributed by atoms with Crippen LogP contribution in [0.3, 0.4) is 0 Å². The number of nitrogens with zero attached hydrogens (tertiary/aromatic N) is 2. The SMILES string of the molecule is COc1cn(Cc2ccccc2Cl)c(Nc2cc(C)c(Cl)cc2C)nc1=O. The van der Waals surface area contributed by atoms with E-state index in [-0.39, 0.29) is 5.75 Å². The van der Waals surface area contributed by atoms with Gasteiger partial charge < -0.3 is 14.6 Å². The summed E-state index contributed by atoms with van der Waals surface area (Å²) in [6.07, 6.45) is 1.62. The molecule has 0 amide bonds. The number of hydrogen-bond donors (Lipinski definition) is 1. The summed E-state index contributed by atoms with van der Waals surface area (Å²) in [5.74, 6) is 0.558. The van der Waals surface area contributed by atoms with Gasteiger partial charge in [-0.15, -0.1) is 0 Å². The van der Waals surface area contributed by atoms with Crippen molar-refractivity contribution in [3.8, 4) is 5.75 Å². The molecule has 2 aromatic carbocycles. The highest BCUT2D eigenvalue weighted by molar-refractivity contribution is 6.31. The Labute approximate surface area is 167 Å². The fourth-order valence-corrected chi connectivity index (χ4v) is 3.09. The van der Waals surface area contributed by atoms with Gasteiger partial charge in [0.05, 0.1) is 19.9 Å². The first-order chi connectivity index (χ1) is 12.9. The van der Waals surface area contributed by atoms with Crippen LogP contribution in [0.25, 0.3) is 0 Å². The van der Waals surface area contributed by atoms with Gasteiger partial charge in [0.2, 0.25) is 11.7 Å². The van der Waals surface area contributed by atoms with Crippen molar-refractivity contribution in [1.29, 1.82) is 0 Å². The highest BCUT2D eigenvalue weighted by Gasteiger charge is 2.13. The van der Waals surface area contributed by atoms with Gasteiger partial charge in [0.1, 0.15) is 0 Å². The number of nitrogens with one attached hydrogen (secondary N) is 1. The third kappa shape index (κ3) is 4.26. The molecule has 0 spiro atoms. The average molecular weight is 404 g/mol. The van der Waals surface area contributed by atoms with E-state index < -0.39 is 5.56 Å². The molecule has 140 valence electrons. The van der Waals surface area contributed by atoms with Crippen LogP contribution in [0, 0.1) is 13.8 Å². The number of rotatable bonds is 5. The molecule has 0 fully saturated rings. The molecular formula is C20H19Cl2N3O2. The molecule has 0 unspecified atom stereocenters. The van der Waals surface area contributed by atoms with Crippen molar-refractivity contribution in [2.75, 3.05) is 12.4 Å². The van der Waals surface area contributed by atoms with Gasteiger partial charge in [-0.2, -0.15) is 4.98 Å². The molecule has 1 aromatic heterocycles. The Morgan fingerprint density at radius 2 is 1.85 bits per heavy atom. The third-order valence-corrected chi connectivity index (χ3v) is 5.01. The summed E-state index contributed by atoms with van der Waals surface area (Å²) in [4.78, 5) is 16.4. The van der Waals surface area contributed by atoms with Gasteiger partial charge in [0.15, 0.2) is 0 Å². The van der Waals surface area contributed by atoms with E-state index in [1.54, 1.807) is 10.8 Å². The second-order valence-corrected chi connectivity index (χ2v) is 7.01. The molecule has 5 nitrogen and oxygen atoms in total. The number of methoxy groups -OCH3 is 1. The van der Waals surface area contributed by atoms with E-state index in [0.29, 0.717) is 22.5 Å². The molecule has 0 bridgehead atoms. The quantitative estimate of drug-likeness (QED) is 0.653. The zero-order chi connectivity index (χ0) is 19.6. The van der Waals surface area contributed by atoms with E-state index in [2.05, 4.69) is 10.3 Å². The molecule has 3 rings (SSSR count). The van der Waals surface area contributed by atoms with E-state index in [0.717, 1.165) is 22.4 Å². The number of aryl methyl sites for hydroxylation is 2. The molecule has 0 aliphatic rings.